The second-order valence-corrected chi connectivity index (χ2v) is 12.6. The molecule has 2 aromatic rings. The third kappa shape index (κ3) is 5.71. The Hall–Kier alpha value is -3.47. The second kappa shape index (κ2) is 13.7. The largest absolute Gasteiger partial charge is 0.494 e. The number of benzene rings is 2. The summed E-state index contributed by atoms with van der Waals surface area (Å²) in [5, 5.41) is 9.69. The van der Waals surface area contributed by atoms with Gasteiger partial charge in [0.2, 0.25) is 17.7 Å². The zero-order valence-electron chi connectivity index (χ0n) is 25.0. The number of alkyl halides is 1. The topological polar surface area (TPSA) is 99.6 Å². The first kappa shape index (κ1) is 31.9. The molecule has 1 spiro atoms. The van der Waals surface area contributed by atoms with Crippen molar-refractivity contribution in [2.24, 2.45) is 11.8 Å². The Labute approximate surface area is 267 Å². The van der Waals surface area contributed by atoms with Crippen LogP contribution in [0.25, 0.3) is 0 Å². The molecule has 5 rings (SSSR count). The molecule has 6 atom stereocenters. The van der Waals surface area contributed by atoms with E-state index in [9.17, 15) is 19.5 Å². The molecular formula is C34H40BrN3O6. The number of hydrogen-bond donors (Lipinski definition) is 1. The van der Waals surface area contributed by atoms with Crippen molar-refractivity contribution in [3.63, 3.8) is 0 Å². The minimum absolute atomic E-state index is 0.138. The molecule has 3 aliphatic rings. The van der Waals surface area contributed by atoms with Gasteiger partial charge in [-0.25, -0.2) is 0 Å². The lowest BCUT2D eigenvalue weighted by Gasteiger charge is -2.37. The molecule has 0 aliphatic carbocycles. The number of anilines is 1. The van der Waals surface area contributed by atoms with E-state index < -0.39 is 29.6 Å². The van der Waals surface area contributed by atoms with Crippen molar-refractivity contribution < 1.29 is 29.0 Å². The minimum Gasteiger partial charge on any atom is -0.494 e. The number of carbonyl (C=O) groups is 3. The Bertz CT molecular complexity index is 1370. The number of carbonyl (C=O) groups excluding carboxylic acids is 3. The third-order valence-corrected chi connectivity index (χ3v) is 9.62. The van der Waals surface area contributed by atoms with Crippen molar-refractivity contribution in [2.45, 2.75) is 48.9 Å². The lowest BCUT2D eigenvalue weighted by molar-refractivity contribution is -0.148. The summed E-state index contributed by atoms with van der Waals surface area (Å²) in [6, 6.07) is 15.9. The number of ether oxygens (including phenoxy) is 2. The summed E-state index contributed by atoms with van der Waals surface area (Å²) in [4.78, 5) is 47.9. The monoisotopic (exact) mass is 665 g/mol. The molecule has 3 amide bonds. The maximum atomic E-state index is 14.5. The van der Waals surface area contributed by atoms with Gasteiger partial charge in [-0.1, -0.05) is 58.4 Å². The number of aliphatic hydroxyl groups excluding tert-OH is 1. The summed E-state index contributed by atoms with van der Waals surface area (Å²) in [6.45, 7) is 11.0. The fourth-order valence-electron chi connectivity index (χ4n) is 7.06. The van der Waals surface area contributed by atoms with Gasteiger partial charge in [0.1, 0.15) is 17.4 Å². The normalized spacial score (nSPS) is 26.8. The van der Waals surface area contributed by atoms with Gasteiger partial charge in [-0.2, -0.15) is 0 Å². The SMILES string of the molecule is C=CCN(Cc1ccccc1)C(=O)C1N(CCCO)C(=O)[C@@H]2[C@@H](C(=O)N(CC=C)c3ccc(OCC)cc3)[C@@H]3OC12CC3Br. The molecule has 44 heavy (non-hydrogen) atoms. The summed E-state index contributed by atoms with van der Waals surface area (Å²) in [5.41, 5.74) is 0.399. The van der Waals surface area contributed by atoms with Gasteiger partial charge in [-0.15, -0.1) is 13.2 Å². The molecule has 9 nitrogen and oxygen atoms in total. The fraction of sp³-hybridized carbons (Fsp3) is 0.441. The summed E-state index contributed by atoms with van der Waals surface area (Å²) in [6.07, 6.45) is 3.43. The highest BCUT2D eigenvalue weighted by atomic mass is 79.9. The Morgan fingerprint density at radius 1 is 1.11 bits per heavy atom. The number of hydrogen-bond acceptors (Lipinski definition) is 6. The molecule has 2 aromatic carbocycles. The molecular weight excluding hydrogens is 626 g/mol. The van der Waals surface area contributed by atoms with Crippen molar-refractivity contribution >= 4 is 39.3 Å². The summed E-state index contributed by atoms with van der Waals surface area (Å²) in [5.74, 6) is -1.78. The Balaban J connectivity index is 1.52. The first-order valence-electron chi connectivity index (χ1n) is 15.1. The highest BCUT2D eigenvalue weighted by Crippen LogP contribution is 2.60. The third-order valence-electron chi connectivity index (χ3n) is 8.78. The number of likely N-dealkylation sites (tertiary alicyclic amines) is 1. The minimum atomic E-state index is -1.20. The van der Waals surface area contributed by atoms with Crippen LogP contribution in [0.15, 0.2) is 79.9 Å². The average molecular weight is 667 g/mol. The summed E-state index contributed by atoms with van der Waals surface area (Å²) < 4.78 is 12.3. The van der Waals surface area contributed by atoms with Crippen LogP contribution in [-0.2, 0) is 25.7 Å². The first-order valence-corrected chi connectivity index (χ1v) is 16.0. The van der Waals surface area contributed by atoms with Crippen LogP contribution >= 0.6 is 15.9 Å². The standard InChI is InChI=1S/C34H40BrN3O6/c1-4-17-36(22-23-11-8-7-9-12-23)33(42)30-34-21-26(35)29(44-34)27(28(34)32(41)38(30)19-10-20-39)31(40)37(18-5-2)24-13-15-25(16-14-24)43-6-3/h4-5,7-9,11-16,26-30,39H,1-2,6,10,17-22H2,3H3/t26?,27-,28+,29-,30?,34?/m1/s1. The van der Waals surface area contributed by atoms with E-state index in [2.05, 4.69) is 29.1 Å². The molecule has 1 N–H and O–H groups in total. The molecule has 10 heteroatoms. The quantitative estimate of drug-likeness (QED) is 0.242. The lowest BCUT2D eigenvalue weighted by Crippen LogP contribution is -2.57. The molecule has 3 fully saturated rings. The van der Waals surface area contributed by atoms with Gasteiger partial charge in [0.05, 0.1) is 24.5 Å². The van der Waals surface area contributed by atoms with E-state index in [1.54, 1.807) is 39.0 Å². The molecule has 0 aromatic heterocycles. The number of rotatable bonds is 14. The van der Waals surface area contributed by atoms with Crippen LogP contribution in [-0.4, -0.2) is 88.0 Å². The van der Waals surface area contributed by atoms with E-state index in [1.165, 1.54) is 0 Å². The van der Waals surface area contributed by atoms with E-state index in [0.717, 1.165) is 5.56 Å². The Morgan fingerprint density at radius 2 is 1.82 bits per heavy atom. The highest BCUT2D eigenvalue weighted by molar-refractivity contribution is 9.09. The average Bonchev–Trinajstić information content (AvgIpc) is 3.62. The Morgan fingerprint density at radius 3 is 2.45 bits per heavy atom. The van der Waals surface area contributed by atoms with E-state index in [1.807, 2.05) is 49.4 Å². The van der Waals surface area contributed by atoms with Crippen LogP contribution in [0.1, 0.15) is 25.3 Å². The predicted molar refractivity (Wildman–Crippen MR) is 171 cm³/mol. The number of aliphatic hydroxyl groups is 1. The molecule has 2 bridgehead atoms. The maximum Gasteiger partial charge on any atom is 0.248 e. The fourth-order valence-corrected chi connectivity index (χ4v) is 8.00. The van der Waals surface area contributed by atoms with Gasteiger partial charge in [0.15, 0.2) is 0 Å². The number of amides is 3. The zero-order valence-corrected chi connectivity index (χ0v) is 26.6. The van der Waals surface area contributed by atoms with Crippen molar-refractivity contribution in [2.75, 3.05) is 37.7 Å². The van der Waals surface area contributed by atoms with Crippen LogP contribution in [0.5, 0.6) is 5.75 Å². The molecule has 3 aliphatic heterocycles. The molecule has 3 saturated heterocycles. The highest BCUT2D eigenvalue weighted by Gasteiger charge is 2.76. The number of fused-ring (bicyclic) bond motifs is 1. The van der Waals surface area contributed by atoms with Crippen molar-refractivity contribution in [1.29, 1.82) is 0 Å². The number of nitrogens with zero attached hydrogens (tertiary/aromatic N) is 3. The van der Waals surface area contributed by atoms with Crippen molar-refractivity contribution in [3.8, 4) is 5.75 Å². The van der Waals surface area contributed by atoms with Crippen LogP contribution < -0.4 is 9.64 Å². The first-order chi connectivity index (χ1) is 21.3. The zero-order chi connectivity index (χ0) is 31.4. The van der Waals surface area contributed by atoms with Gasteiger partial charge in [-0.05, 0) is 49.6 Å². The van der Waals surface area contributed by atoms with Crippen LogP contribution in [0, 0.1) is 11.8 Å². The molecule has 0 radical (unpaired) electrons. The van der Waals surface area contributed by atoms with E-state index in [-0.39, 0.29) is 48.8 Å². The van der Waals surface area contributed by atoms with Gasteiger partial charge in [-0.3, -0.25) is 14.4 Å². The van der Waals surface area contributed by atoms with Crippen LogP contribution in [0.4, 0.5) is 5.69 Å². The van der Waals surface area contributed by atoms with Gasteiger partial charge < -0.3 is 29.3 Å². The smallest absolute Gasteiger partial charge is 0.248 e. The molecule has 3 heterocycles. The predicted octanol–water partition coefficient (Wildman–Crippen LogP) is 3.95. The van der Waals surface area contributed by atoms with Gasteiger partial charge in [0.25, 0.3) is 0 Å². The Kier molecular flexibility index (Phi) is 9.92. The van der Waals surface area contributed by atoms with E-state index in [4.69, 9.17) is 9.47 Å². The van der Waals surface area contributed by atoms with Crippen LogP contribution in [0.2, 0.25) is 0 Å². The van der Waals surface area contributed by atoms with Crippen molar-refractivity contribution in [3.05, 3.63) is 85.5 Å². The van der Waals surface area contributed by atoms with Gasteiger partial charge in [0, 0.05) is 43.3 Å². The number of halogens is 1. The second-order valence-electron chi connectivity index (χ2n) is 11.4. The lowest BCUT2D eigenvalue weighted by atomic mass is 9.70. The van der Waals surface area contributed by atoms with Crippen molar-refractivity contribution in [1.82, 2.24) is 9.80 Å². The molecule has 3 unspecified atom stereocenters. The van der Waals surface area contributed by atoms with Crippen LogP contribution in [0.3, 0.4) is 0 Å². The van der Waals surface area contributed by atoms with E-state index in [0.29, 0.717) is 37.4 Å². The summed E-state index contributed by atoms with van der Waals surface area (Å²) >= 11 is 3.75. The maximum absolute atomic E-state index is 14.5. The van der Waals surface area contributed by atoms with Gasteiger partial charge >= 0.3 is 0 Å². The van der Waals surface area contributed by atoms with E-state index >= 15 is 0 Å². The summed E-state index contributed by atoms with van der Waals surface area (Å²) in [7, 11) is 0. The molecule has 234 valence electrons. The molecule has 0 saturated carbocycles.